The number of benzene rings is 1. The first-order valence-corrected chi connectivity index (χ1v) is 6.16. The molecule has 1 aromatic rings. The van der Waals surface area contributed by atoms with E-state index in [1.165, 1.54) is 4.90 Å². The van der Waals surface area contributed by atoms with Gasteiger partial charge in [-0.3, -0.25) is 5.32 Å². The first kappa shape index (κ1) is 15.5. The van der Waals surface area contributed by atoms with E-state index in [2.05, 4.69) is 11.4 Å². The maximum Gasteiger partial charge on any atom is 0.251 e. The molecule has 0 heterocycles. The van der Waals surface area contributed by atoms with E-state index in [9.17, 15) is 14.0 Å². The molecule has 1 aromatic carbocycles. The van der Waals surface area contributed by atoms with E-state index in [0.717, 1.165) is 5.56 Å². The molecule has 0 aliphatic rings. The third-order valence-corrected chi connectivity index (χ3v) is 3.20. The third-order valence-electron chi connectivity index (χ3n) is 3.20. The lowest BCUT2D eigenvalue weighted by Crippen LogP contribution is -2.42. The molecule has 0 bridgehead atoms. The molecule has 0 fully saturated rings. The van der Waals surface area contributed by atoms with Crippen LogP contribution in [0.1, 0.15) is 12.0 Å². The Morgan fingerprint density at radius 1 is 1.37 bits per heavy atom. The monoisotopic (exact) mass is 267 g/mol. The van der Waals surface area contributed by atoms with Crippen LogP contribution in [0.5, 0.6) is 0 Å². The van der Waals surface area contributed by atoms with Crippen molar-refractivity contribution in [1.82, 2.24) is 10.2 Å². The minimum atomic E-state index is -2.35. The van der Waals surface area contributed by atoms with E-state index in [-0.39, 0.29) is 6.54 Å². The van der Waals surface area contributed by atoms with Crippen molar-refractivity contribution >= 4 is 0 Å². The van der Waals surface area contributed by atoms with E-state index >= 15 is 0 Å². The number of rotatable bonds is 7. The van der Waals surface area contributed by atoms with Gasteiger partial charge in [-0.1, -0.05) is 30.3 Å². The summed E-state index contributed by atoms with van der Waals surface area (Å²) in [5.74, 6) is 0. The molecule has 3 nitrogen and oxygen atoms in total. The van der Waals surface area contributed by atoms with Gasteiger partial charge < -0.3 is 4.90 Å². The highest BCUT2D eigenvalue weighted by molar-refractivity contribution is 5.31. The zero-order valence-corrected chi connectivity index (χ0v) is 11.2. The summed E-state index contributed by atoms with van der Waals surface area (Å²) in [6.45, 7) is 0.146. The van der Waals surface area contributed by atoms with E-state index in [1.807, 2.05) is 30.3 Å². The van der Waals surface area contributed by atoms with Crippen molar-refractivity contribution in [3.63, 3.8) is 0 Å². The van der Waals surface area contributed by atoms with Crippen LogP contribution in [0.4, 0.5) is 8.78 Å². The second-order valence-corrected chi connectivity index (χ2v) is 4.54. The molecule has 1 rings (SSSR count). The summed E-state index contributed by atoms with van der Waals surface area (Å²) in [7, 11) is 3.35. The van der Waals surface area contributed by atoms with Crippen molar-refractivity contribution in [2.75, 3.05) is 27.2 Å². The molecule has 104 valence electrons. The Balaban J connectivity index is 2.76. The van der Waals surface area contributed by atoms with Gasteiger partial charge in [-0.15, -0.1) is 0 Å². The highest BCUT2D eigenvalue weighted by Crippen LogP contribution is 2.24. The van der Waals surface area contributed by atoms with Crippen LogP contribution >= 0.6 is 0 Å². The Morgan fingerprint density at radius 3 is 2.47 bits per heavy atom. The van der Waals surface area contributed by atoms with Crippen LogP contribution in [0.15, 0.2) is 30.3 Å². The number of nitrogens with zero attached hydrogens (tertiary/aromatic N) is 2. The number of nitrogens with one attached hydrogen (secondary N) is 1. The molecule has 1 N–H and O–H groups in total. The summed E-state index contributed by atoms with van der Waals surface area (Å²) >= 11 is 0. The smallest absolute Gasteiger partial charge is 0.251 e. The molecular formula is C14H19F2N3. The van der Waals surface area contributed by atoms with Crippen molar-refractivity contribution < 1.29 is 8.78 Å². The third kappa shape index (κ3) is 4.27. The summed E-state index contributed by atoms with van der Waals surface area (Å²) in [5.41, 5.74) is 0.0166. The van der Waals surface area contributed by atoms with E-state index in [1.54, 1.807) is 14.1 Å². The second kappa shape index (κ2) is 7.17. The summed E-state index contributed by atoms with van der Waals surface area (Å²) in [6, 6.07) is 11.6. The zero-order valence-electron chi connectivity index (χ0n) is 11.2. The molecule has 1 unspecified atom stereocenters. The predicted octanol–water partition coefficient (Wildman–Crippen LogP) is 2.21. The fourth-order valence-electron chi connectivity index (χ4n) is 2.00. The van der Waals surface area contributed by atoms with Crippen LogP contribution in [-0.4, -0.2) is 38.5 Å². The van der Waals surface area contributed by atoms with Gasteiger partial charge >= 0.3 is 0 Å². The lowest BCUT2D eigenvalue weighted by Gasteiger charge is -2.29. The summed E-state index contributed by atoms with van der Waals surface area (Å²) in [4.78, 5) is 1.54. The predicted molar refractivity (Wildman–Crippen MR) is 70.9 cm³/mol. The fourth-order valence-corrected chi connectivity index (χ4v) is 2.00. The minimum absolute atomic E-state index is 0.278. The average Bonchev–Trinajstić information content (AvgIpc) is 2.41. The van der Waals surface area contributed by atoms with E-state index < -0.39 is 12.0 Å². The Bertz CT molecular complexity index is 416. The first-order valence-electron chi connectivity index (χ1n) is 6.16. The van der Waals surface area contributed by atoms with Gasteiger partial charge in [0.2, 0.25) is 0 Å². The zero-order chi connectivity index (χ0) is 14.3. The number of hydrogen-bond acceptors (Lipinski definition) is 3. The molecule has 1 atom stereocenters. The van der Waals surface area contributed by atoms with Crippen LogP contribution in [0.3, 0.4) is 0 Å². The van der Waals surface area contributed by atoms with Crippen molar-refractivity contribution in [3.8, 4) is 6.07 Å². The van der Waals surface area contributed by atoms with E-state index in [4.69, 9.17) is 0 Å². The molecule has 0 spiro atoms. The number of nitriles is 1. The van der Waals surface area contributed by atoms with Crippen molar-refractivity contribution in [2.24, 2.45) is 0 Å². The first-order chi connectivity index (χ1) is 9.04. The molecule has 19 heavy (non-hydrogen) atoms. The maximum absolute atomic E-state index is 12.3. The van der Waals surface area contributed by atoms with Gasteiger partial charge in [0, 0.05) is 6.54 Å². The van der Waals surface area contributed by atoms with Gasteiger partial charge in [0.1, 0.15) is 5.54 Å². The van der Waals surface area contributed by atoms with Gasteiger partial charge in [0.05, 0.1) is 12.6 Å². The quantitative estimate of drug-likeness (QED) is 0.823. The standard InChI is InChI=1S/C14H19F2N3/c1-18-14(11-17,12-6-4-3-5-7-12)8-9-19(2)10-13(15)16/h3-7,13,18H,8-10H2,1-2H3. The van der Waals surface area contributed by atoms with Crippen LogP contribution in [0.25, 0.3) is 0 Å². The lowest BCUT2D eigenvalue weighted by atomic mass is 9.88. The van der Waals surface area contributed by atoms with Gasteiger partial charge in [-0.25, -0.2) is 8.78 Å². The molecule has 0 saturated heterocycles. The molecule has 0 aliphatic heterocycles. The fraction of sp³-hybridized carbons (Fsp3) is 0.500. The van der Waals surface area contributed by atoms with Crippen molar-refractivity contribution in [3.05, 3.63) is 35.9 Å². The van der Waals surface area contributed by atoms with Crippen LogP contribution in [-0.2, 0) is 5.54 Å². The molecule has 0 aliphatic carbocycles. The van der Waals surface area contributed by atoms with Crippen molar-refractivity contribution in [1.29, 1.82) is 5.26 Å². The minimum Gasteiger partial charge on any atom is -0.301 e. The van der Waals surface area contributed by atoms with Gasteiger partial charge in [-0.2, -0.15) is 5.26 Å². The van der Waals surface area contributed by atoms with Crippen molar-refractivity contribution in [2.45, 2.75) is 18.4 Å². The highest BCUT2D eigenvalue weighted by Gasteiger charge is 2.30. The largest absolute Gasteiger partial charge is 0.301 e. The second-order valence-electron chi connectivity index (χ2n) is 4.54. The Labute approximate surface area is 112 Å². The molecular weight excluding hydrogens is 248 g/mol. The topological polar surface area (TPSA) is 39.1 Å². The molecule has 0 amide bonds. The summed E-state index contributed by atoms with van der Waals surface area (Å²) in [5, 5.41) is 12.5. The van der Waals surface area contributed by atoms with Gasteiger partial charge in [0.25, 0.3) is 6.43 Å². The Hall–Kier alpha value is -1.51. The van der Waals surface area contributed by atoms with Crippen LogP contribution in [0.2, 0.25) is 0 Å². The molecule has 5 heteroatoms. The SMILES string of the molecule is CNC(C#N)(CCN(C)CC(F)F)c1ccccc1. The molecule has 0 aromatic heterocycles. The lowest BCUT2D eigenvalue weighted by molar-refractivity contribution is 0.0970. The van der Waals surface area contributed by atoms with Crippen LogP contribution in [0, 0.1) is 11.3 Å². The van der Waals surface area contributed by atoms with E-state index in [0.29, 0.717) is 13.0 Å². The number of hydrogen-bond donors (Lipinski definition) is 1. The Kier molecular flexibility index (Phi) is 5.87. The average molecular weight is 267 g/mol. The Morgan fingerprint density at radius 2 is 2.00 bits per heavy atom. The number of halogens is 2. The number of alkyl halides is 2. The summed E-state index contributed by atoms with van der Waals surface area (Å²) in [6.07, 6.45) is -1.90. The highest BCUT2D eigenvalue weighted by atomic mass is 19.3. The van der Waals surface area contributed by atoms with Gasteiger partial charge in [-0.05, 0) is 26.1 Å². The summed E-state index contributed by atoms with van der Waals surface area (Å²) < 4.78 is 24.5. The van der Waals surface area contributed by atoms with Gasteiger partial charge in [0.15, 0.2) is 0 Å². The van der Waals surface area contributed by atoms with Crippen LogP contribution < -0.4 is 5.32 Å². The maximum atomic E-state index is 12.3. The molecule has 0 saturated carbocycles. The normalized spacial score (nSPS) is 14.4. The molecule has 0 radical (unpaired) electrons.